The average molecular weight is 307 g/mol. The van der Waals surface area contributed by atoms with E-state index in [9.17, 15) is 19.8 Å². The molecule has 0 bridgehead atoms. The van der Waals surface area contributed by atoms with Crippen molar-refractivity contribution in [2.24, 2.45) is 0 Å². The first-order chi connectivity index (χ1) is 9.90. The van der Waals surface area contributed by atoms with E-state index in [1.165, 1.54) is 11.3 Å². The molecule has 0 saturated heterocycles. The summed E-state index contributed by atoms with van der Waals surface area (Å²) in [6, 6.07) is 3.58. The van der Waals surface area contributed by atoms with Crippen LogP contribution in [0.15, 0.2) is 40.1 Å². The van der Waals surface area contributed by atoms with Crippen molar-refractivity contribution in [3.05, 3.63) is 44.9 Å². The first-order valence-electron chi connectivity index (χ1n) is 6.59. The largest absolute Gasteiger partial charge is 0.478 e. The van der Waals surface area contributed by atoms with E-state index in [0.717, 1.165) is 4.88 Å². The summed E-state index contributed by atoms with van der Waals surface area (Å²) >= 11 is 1.37. The Balaban J connectivity index is 2.74. The number of carbonyl (C=O) groups is 2. The monoisotopic (exact) mass is 307 g/mol. The molecule has 1 aliphatic heterocycles. The summed E-state index contributed by atoms with van der Waals surface area (Å²) < 4.78 is 0. The normalized spacial score (nSPS) is 16.6. The van der Waals surface area contributed by atoms with Crippen LogP contribution in [0.1, 0.15) is 31.6 Å². The van der Waals surface area contributed by atoms with Gasteiger partial charge >= 0.3 is 11.9 Å². The van der Waals surface area contributed by atoms with E-state index in [-0.39, 0.29) is 11.1 Å². The Labute approximate surface area is 126 Å². The van der Waals surface area contributed by atoms with Crippen LogP contribution in [0.4, 0.5) is 0 Å². The lowest BCUT2D eigenvalue weighted by Crippen LogP contribution is -2.34. The third-order valence-electron chi connectivity index (χ3n) is 3.77. The number of rotatable bonds is 4. The molecule has 2 rings (SSSR count). The molecule has 0 spiro atoms. The molecule has 0 saturated carbocycles. The van der Waals surface area contributed by atoms with Crippen molar-refractivity contribution in [2.45, 2.75) is 26.7 Å². The minimum atomic E-state index is -1.07. The Morgan fingerprint density at radius 2 is 1.71 bits per heavy atom. The number of hydrogen-bond donors (Lipinski definition) is 2. The fraction of sp³-hybridized carbons (Fsp3) is 0.333. The second kappa shape index (κ2) is 5.73. The van der Waals surface area contributed by atoms with Gasteiger partial charge in [-0.1, -0.05) is 6.07 Å². The van der Waals surface area contributed by atoms with E-state index in [2.05, 4.69) is 0 Å². The van der Waals surface area contributed by atoms with Gasteiger partial charge in [-0.25, -0.2) is 9.59 Å². The Kier molecular flexibility index (Phi) is 4.18. The molecule has 6 heteroatoms. The van der Waals surface area contributed by atoms with Gasteiger partial charge in [0.15, 0.2) is 0 Å². The van der Waals surface area contributed by atoms with Gasteiger partial charge in [0.2, 0.25) is 0 Å². The summed E-state index contributed by atoms with van der Waals surface area (Å²) in [6.07, 6.45) is 0. The topological polar surface area (TPSA) is 77.8 Å². The molecule has 5 nitrogen and oxygen atoms in total. The van der Waals surface area contributed by atoms with Crippen molar-refractivity contribution in [2.75, 3.05) is 6.54 Å². The summed E-state index contributed by atoms with van der Waals surface area (Å²) in [6.45, 7) is 5.87. The van der Waals surface area contributed by atoms with Gasteiger partial charge in [0.25, 0.3) is 0 Å². The number of nitrogens with zero attached hydrogens (tertiary/aromatic N) is 1. The summed E-state index contributed by atoms with van der Waals surface area (Å²) in [5, 5.41) is 21.0. The molecule has 0 aromatic carbocycles. The average Bonchev–Trinajstić information content (AvgIpc) is 2.90. The molecule has 1 aromatic rings. The molecule has 21 heavy (non-hydrogen) atoms. The predicted molar refractivity (Wildman–Crippen MR) is 80.1 cm³/mol. The maximum Gasteiger partial charge on any atom is 0.334 e. The number of thiophene rings is 1. The van der Waals surface area contributed by atoms with Crippen LogP contribution in [0.2, 0.25) is 0 Å². The highest BCUT2D eigenvalue weighted by Gasteiger charge is 2.39. The summed E-state index contributed by atoms with van der Waals surface area (Å²) in [4.78, 5) is 25.9. The maximum atomic E-state index is 11.7. The number of aliphatic carboxylic acids is 2. The molecule has 2 N–H and O–H groups in total. The van der Waals surface area contributed by atoms with E-state index in [1.54, 1.807) is 30.9 Å². The van der Waals surface area contributed by atoms with E-state index in [4.69, 9.17) is 0 Å². The smallest absolute Gasteiger partial charge is 0.334 e. The number of hydrogen-bond acceptors (Lipinski definition) is 4. The molecule has 2 heterocycles. The van der Waals surface area contributed by atoms with Gasteiger partial charge in [0, 0.05) is 22.8 Å². The van der Waals surface area contributed by atoms with E-state index < -0.39 is 17.9 Å². The standard InChI is InChI=1S/C15H17NO4S/c1-4-16-8(2)11(14(17)18)13(10-6-5-7-21-10)12(9(16)3)15(19)20/h5-7,13H,4H2,1-3H3,(H,17,18)(H,19,20). The number of allylic oxidation sites excluding steroid dienone is 2. The Bertz CT molecular complexity index is 605. The van der Waals surface area contributed by atoms with Gasteiger partial charge in [0.05, 0.1) is 17.1 Å². The van der Waals surface area contributed by atoms with Crippen LogP contribution >= 0.6 is 11.3 Å². The lowest BCUT2D eigenvalue weighted by atomic mass is 9.83. The molecule has 1 aliphatic rings. The molecule has 0 fully saturated rings. The summed E-state index contributed by atoms with van der Waals surface area (Å²) in [5.41, 5.74) is 1.49. The highest BCUT2D eigenvalue weighted by molar-refractivity contribution is 7.10. The van der Waals surface area contributed by atoms with Gasteiger partial charge in [-0.05, 0) is 32.2 Å². The zero-order valence-corrected chi connectivity index (χ0v) is 12.9. The SMILES string of the molecule is CCN1C(C)=C(C(=O)O)C(c2cccs2)C(C(=O)O)=C1C. The fourth-order valence-electron chi connectivity index (χ4n) is 2.88. The Morgan fingerprint density at radius 1 is 1.19 bits per heavy atom. The zero-order chi connectivity index (χ0) is 15.7. The van der Waals surface area contributed by atoms with Crippen LogP contribution in [0.5, 0.6) is 0 Å². The minimum absolute atomic E-state index is 0.141. The van der Waals surface area contributed by atoms with Gasteiger partial charge in [-0.2, -0.15) is 0 Å². The number of carboxylic acids is 2. The highest BCUT2D eigenvalue weighted by Crippen LogP contribution is 2.43. The van der Waals surface area contributed by atoms with Crippen molar-refractivity contribution >= 4 is 23.3 Å². The second-order valence-electron chi connectivity index (χ2n) is 4.80. The van der Waals surface area contributed by atoms with Crippen LogP contribution in [0.3, 0.4) is 0 Å². The molecule has 0 amide bonds. The molecule has 0 unspecified atom stereocenters. The van der Waals surface area contributed by atoms with Crippen molar-refractivity contribution in [3.63, 3.8) is 0 Å². The van der Waals surface area contributed by atoms with Crippen LogP contribution in [0.25, 0.3) is 0 Å². The fourth-order valence-corrected chi connectivity index (χ4v) is 3.72. The first-order valence-corrected chi connectivity index (χ1v) is 7.47. The van der Waals surface area contributed by atoms with E-state index >= 15 is 0 Å². The predicted octanol–water partition coefficient (Wildman–Crippen LogP) is 2.88. The van der Waals surface area contributed by atoms with Gasteiger partial charge in [-0.3, -0.25) is 0 Å². The van der Waals surface area contributed by atoms with Crippen molar-refractivity contribution in [1.29, 1.82) is 0 Å². The third kappa shape index (κ3) is 2.47. The first kappa shape index (κ1) is 15.3. The van der Waals surface area contributed by atoms with Gasteiger partial charge in [-0.15, -0.1) is 11.3 Å². The van der Waals surface area contributed by atoms with Crippen molar-refractivity contribution in [1.82, 2.24) is 4.90 Å². The zero-order valence-electron chi connectivity index (χ0n) is 12.1. The molecule has 112 valence electrons. The third-order valence-corrected chi connectivity index (χ3v) is 4.71. The molecule has 0 radical (unpaired) electrons. The lowest BCUT2D eigenvalue weighted by Gasteiger charge is -2.35. The molecule has 0 aliphatic carbocycles. The Morgan fingerprint density at radius 3 is 2.05 bits per heavy atom. The number of carboxylic acid groups (broad SMARTS) is 2. The van der Waals surface area contributed by atoms with Crippen molar-refractivity contribution in [3.8, 4) is 0 Å². The molecular formula is C15H17NO4S. The highest BCUT2D eigenvalue weighted by atomic mass is 32.1. The molecule has 1 aromatic heterocycles. The maximum absolute atomic E-state index is 11.7. The molecule has 0 atom stereocenters. The minimum Gasteiger partial charge on any atom is -0.478 e. The molecular weight excluding hydrogens is 290 g/mol. The van der Waals surface area contributed by atoms with Crippen molar-refractivity contribution < 1.29 is 19.8 Å². The van der Waals surface area contributed by atoms with Gasteiger partial charge < -0.3 is 15.1 Å². The van der Waals surface area contributed by atoms with Crippen LogP contribution in [-0.2, 0) is 9.59 Å². The van der Waals surface area contributed by atoms with Gasteiger partial charge in [0.1, 0.15) is 0 Å². The van der Waals surface area contributed by atoms with Crippen LogP contribution in [0, 0.1) is 0 Å². The summed E-state index contributed by atoms with van der Waals surface area (Å²) in [5.74, 6) is -2.87. The van der Waals surface area contributed by atoms with E-state index in [1.807, 2.05) is 12.3 Å². The lowest BCUT2D eigenvalue weighted by molar-refractivity contribution is -0.133. The second-order valence-corrected chi connectivity index (χ2v) is 5.78. The Hall–Kier alpha value is -2.08. The summed E-state index contributed by atoms with van der Waals surface area (Å²) in [7, 11) is 0. The van der Waals surface area contributed by atoms with Crippen LogP contribution < -0.4 is 0 Å². The quantitative estimate of drug-likeness (QED) is 0.894. The van der Waals surface area contributed by atoms with Crippen LogP contribution in [-0.4, -0.2) is 33.6 Å². The van der Waals surface area contributed by atoms with E-state index in [0.29, 0.717) is 17.9 Å².